The van der Waals surface area contributed by atoms with Gasteiger partial charge in [0.05, 0.1) is 12.6 Å². The first-order chi connectivity index (χ1) is 11.6. The molecular weight excluding hydrogens is 306 g/mol. The van der Waals surface area contributed by atoms with Gasteiger partial charge in [-0.15, -0.1) is 0 Å². The van der Waals surface area contributed by atoms with Crippen LogP contribution < -0.4 is 5.32 Å². The number of rotatable bonds is 6. The molecule has 2 N–H and O–H groups in total. The molecular formula is C18H23N3O3. The summed E-state index contributed by atoms with van der Waals surface area (Å²) in [7, 11) is 0. The Morgan fingerprint density at radius 1 is 1.46 bits per heavy atom. The Morgan fingerprint density at radius 2 is 2.25 bits per heavy atom. The van der Waals surface area contributed by atoms with Crippen LogP contribution in [0.3, 0.4) is 0 Å². The third-order valence-electron chi connectivity index (χ3n) is 4.42. The van der Waals surface area contributed by atoms with Crippen LogP contribution >= 0.6 is 0 Å². The summed E-state index contributed by atoms with van der Waals surface area (Å²) in [4.78, 5) is 14.3. The average molecular weight is 329 g/mol. The number of aliphatic hydroxyl groups is 1. The molecule has 1 aromatic heterocycles. The van der Waals surface area contributed by atoms with Gasteiger partial charge in [0.1, 0.15) is 5.76 Å². The molecule has 128 valence electrons. The van der Waals surface area contributed by atoms with Crippen LogP contribution in [-0.4, -0.2) is 40.2 Å². The maximum atomic E-state index is 12.2. The SMILES string of the molecule is Cc1cc(NC(=O)CN2CCC[C@@H]2C[C@H](O)c2ccccc2)no1. The fourth-order valence-corrected chi connectivity index (χ4v) is 3.23. The van der Waals surface area contributed by atoms with E-state index in [1.807, 2.05) is 30.3 Å². The molecule has 24 heavy (non-hydrogen) atoms. The molecule has 0 aliphatic carbocycles. The maximum Gasteiger partial charge on any atom is 0.239 e. The minimum atomic E-state index is -0.502. The first kappa shape index (κ1) is 16.7. The van der Waals surface area contributed by atoms with Crippen molar-refractivity contribution in [2.45, 2.75) is 38.3 Å². The lowest BCUT2D eigenvalue weighted by Gasteiger charge is -2.25. The van der Waals surface area contributed by atoms with E-state index in [2.05, 4.69) is 15.4 Å². The molecule has 2 atom stereocenters. The summed E-state index contributed by atoms with van der Waals surface area (Å²) in [6.45, 7) is 2.96. The van der Waals surface area contributed by atoms with Crippen molar-refractivity contribution < 1.29 is 14.4 Å². The summed E-state index contributed by atoms with van der Waals surface area (Å²) < 4.78 is 4.95. The highest BCUT2D eigenvalue weighted by Gasteiger charge is 2.28. The maximum absolute atomic E-state index is 12.2. The van der Waals surface area contributed by atoms with E-state index in [1.165, 1.54) is 0 Å². The average Bonchev–Trinajstić information content (AvgIpc) is 3.17. The van der Waals surface area contributed by atoms with Crippen molar-refractivity contribution in [1.29, 1.82) is 0 Å². The molecule has 0 bridgehead atoms. The van der Waals surface area contributed by atoms with Crippen molar-refractivity contribution >= 4 is 11.7 Å². The van der Waals surface area contributed by atoms with E-state index in [0.29, 0.717) is 24.5 Å². The highest BCUT2D eigenvalue weighted by molar-refractivity contribution is 5.91. The second kappa shape index (κ2) is 7.59. The van der Waals surface area contributed by atoms with Crippen LogP contribution in [0.25, 0.3) is 0 Å². The molecule has 1 aliphatic rings. The van der Waals surface area contributed by atoms with E-state index < -0.39 is 6.10 Å². The van der Waals surface area contributed by atoms with E-state index in [4.69, 9.17) is 4.52 Å². The third-order valence-corrected chi connectivity index (χ3v) is 4.42. The third kappa shape index (κ3) is 4.21. The highest BCUT2D eigenvalue weighted by atomic mass is 16.5. The summed E-state index contributed by atoms with van der Waals surface area (Å²) >= 11 is 0. The number of anilines is 1. The molecule has 1 saturated heterocycles. The second-order valence-corrected chi connectivity index (χ2v) is 6.30. The van der Waals surface area contributed by atoms with Crippen LogP contribution in [0.1, 0.15) is 36.7 Å². The van der Waals surface area contributed by atoms with E-state index in [-0.39, 0.29) is 11.9 Å². The van der Waals surface area contributed by atoms with E-state index in [0.717, 1.165) is 24.9 Å². The van der Waals surface area contributed by atoms with Crippen LogP contribution in [0, 0.1) is 6.92 Å². The standard InChI is InChI=1S/C18H23N3O3/c1-13-10-17(20-24-13)19-18(23)12-21-9-5-8-15(21)11-16(22)14-6-3-2-4-7-14/h2-4,6-7,10,15-16,22H,5,8-9,11-12H2,1H3,(H,19,20,23)/t15-,16+/m1/s1. The number of hydrogen-bond donors (Lipinski definition) is 2. The summed E-state index contributed by atoms with van der Waals surface area (Å²) in [6.07, 6.45) is 2.18. The summed E-state index contributed by atoms with van der Waals surface area (Å²) in [5.74, 6) is 0.998. The van der Waals surface area contributed by atoms with E-state index in [9.17, 15) is 9.90 Å². The summed E-state index contributed by atoms with van der Waals surface area (Å²) in [5.41, 5.74) is 0.923. The Hall–Kier alpha value is -2.18. The van der Waals surface area contributed by atoms with Gasteiger partial charge >= 0.3 is 0 Å². The molecule has 1 fully saturated rings. The number of benzene rings is 1. The molecule has 0 spiro atoms. The number of carbonyl (C=O) groups is 1. The van der Waals surface area contributed by atoms with Gasteiger partial charge in [-0.05, 0) is 38.3 Å². The topological polar surface area (TPSA) is 78.6 Å². The molecule has 1 aliphatic heterocycles. The lowest BCUT2D eigenvalue weighted by Crippen LogP contribution is -2.37. The van der Waals surface area contributed by atoms with Gasteiger partial charge in [0.15, 0.2) is 5.82 Å². The van der Waals surface area contributed by atoms with Crippen molar-refractivity contribution in [1.82, 2.24) is 10.1 Å². The Kier molecular flexibility index (Phi) is 5.27. The van der Waals surface area contributed by atoms with Crippen molar-refractivity contribution in [3.63, 3.8) is 0 Å². The van der Waals surface area contributed by atoms with Crippen LogP contribution in [0.15, 0.2) is 40.9 Å². The van der Waals surface area contributed by atoms with Crippen LogP contribution in [0.4, 0.5) is 5.82 Å². The van der Waals surface area contributed by atoms with Gasteiger partial charge in [0.25, 0.3) is 0 Å². The molecule has 3 rings (SSSR count). The number of likely N-dealkylation sites (tertiary alicyclic amines) is 1. The minimum Gasteiger partial charge on any atom is -0.388 e. The van der Waals surface area contributed by atoms with Gasteiger partial charge in [0.2, 0.25) is 5.91 Å². The molecule has 2 aromatic rings. The molecule has 1 aromatic carbocycles. The smallest absolute Gasteiger partial charge is 0.239 e. The van der Waals surface area contributed by atoms with Crippen LogP contribution in [0.2, 0.25) is 0 Å². The number of carbonyl (C=O) groups excluding carboxylic acids is 1. The Labute approximate surface area is 141 Å². The lowest BCUT2D eigenvalue weighted by atomic mass is 10.0. The highest BCUT2D eigenvalue weighted by Crippen LogP contribution is 2.27. The molecule has 6 nitrogen and oxygen atoms in total. The Morgan fingerprint density at radius 3 is 2.96 bits per heavy atom. The number of amides is 1. The Bertz CT molecular complexity index is 671. The largest absolute Gasteiger partial charge is 0.388 e. The van der Waals surface area contributed by atoms with Gasteiger partial charge in [-0.2, -0.15) is 0 Å². The van der Waals surface area contributed by atoms with Crippen LogP contribution in [-0.2, 0) is 4.79 Å². The van der Waals surface area contributed by atoms with Gasteiger partial charge < -0.3 is 14.9 Å². The van der Waals surface area contributed by atoms with Gasteiger partial charge in [-0.1, -0.05) is 35.5 Å². The molecule has 2 heterocycles. The molecule has 0 radical (unpaired) electrons. The number of aliphatic hydroxyl groups excluding tert-OH is 1. The fourth-order valence-electron chi connectivity index (χ4n) is 3.23. The van der Waals surface area contributed by atoms with Crippen molar-refractivity contribution in [2.75, 3.05) is 18.4 Å². The van der Waals surface area contributed by atoms with Crippen LogP contribution in [0.5, 0.6) is 0 Å². The lowest BCUT2D eigenvalue weighted by molar-refractivity contribution is -0.117. The molecule has 0 unspecified atom stereocenters. The van der Waals surface area contributed by atoms with Gasteiger partial charge in [-0.25, -0.2) is 0 Å². The number of hydrogen-bond acceptors (Lipinski definition) is 5. The normalized spacial score (nSPS) is 19.3. The number of nitrogens with one attached hydrogen (secondary N) is 1. The Balaban J connectivity index is 1.54. The molecule has 0 saturated carbocycles. The zero-order valence-corrected chi connectivity index (χ0v) is 13.8. The van der Waals surface area contributed by atoms with Gasteiger partial charge in [0, 0.05) is 12.1 Å². The number of nitrogens with zero attached hydrogens (tertiary/aromatic N) is 2. The van der Waals surface area contributed by atoms with Crippen molar-refractivity contribution in [3.8, 4) is 0 Å². The predicted octanol–water partition coefficient (Wildman–Crippen LogP) is 2.51. The van der Waals surface area contributed by atoms with Crippen molar-refractivity contribution in [2.24, 2.45) is 0 Å². The van der Waals surface area contributed by atoms with E-state index in [1.54, 1.807) is 13.0 Å². The quantitative estimate of drug-likeness (QED) is 0.851. The van der Waals surface area contributed by atoms with Gasteiger partial charge in [-0.3, -0.25) is 9.69 Å². The molecule has 6 heteroatoms. The number of aromatic nitrogens is 1. The zero-order valence-electron chi connectivity index (χ0n) is 13.8. The second-order valence-electron chi connectivity index (χ2n) is 6.30. The fraction of sp³-hybridized carbons (Fsp3) is 0.444. The predicted molar refractivity (Wildman–Crippen MR) is 90.5 cm³/mol. The minimum absolute atomic E-state index is 0.107. The summed E-state index contributed by atoms with van der Waals surface area (Å²) in [6, 6.07) is 11.6. The van der Waals surface area contributed by atoms with E-state index >= 15 is 0 Å². The first-order valence-electron chi connectivity index (χ1n) is 8.32. The summed E-state index contributed by atoms with van der Waals surface area (Å²) in [5, 5.41) is 16.9. The zero-order chi connectivity index (χ0) is 16.9. The van der Waals surface area contributed by atoms with Crippen molar-refractivity contribution in [3.05, 3.63) is 47.7 Å². The number of aryl methyl sites for hydroxylation is 1. The molecule has 1 amide bonds. The monoisotopic (exact) mass is 329 g/mol. The first-order valence-corrected chi connectivity index (χ1v) is 8.32.